The van der Waals surface area contributed by atoms with Crippen molar-refractivity contribution in [3.63, 3.8) is 0 Å². The van der Waals surface area contributed by atoms with Crippen molar-refractivity contribution in [3.8, 4) is 5.75 Å². The predicted molar refractivity (Wildman–Crippen MR) is 121 cm³/mol. The number of hydrogen-bond acceptors (Lipinski definition) is 4. The summed E-state index contributed by atoms with van der Waals surface area (Å²) in [5, 5.41) is 19.2. The summed E-state index contributed by atoms with van der Waals surface area (Å²) >= 11 is 0. The highest BCUT2D eigenvalue weighted by atomic mass is 19.4. The number of unbranched alkanes of at least 4 members (excludes halogenated alkanes) is 1. The monoisotopic (exact) mass is 447 g/mol. The number of nitrogens with one attached hydrogen (secondary N) is 2. The normalized spacial score (nSPS) is 15.2. The summed E-state index contributed by atoms with van der Waals surface area (Å²) < 4.78 is 39.1. The molecule has 1 atom stereocenters. The zero-order valence-corrected chi connectivity index (χ0v) is 18.9. The highest BCUT2D eigenvalue weighted by molar-refractivity contribution is 5.70. The van der Waals surface area contributed by atoms with Crippen LogP contribution >= 0.6 is 0 Å². The second-order valence-electron chi connectivity index (χ2n) is 8.79. The molecule has 0 amide bonds. The number of rotatable bonds is 8. The Morgan fingerprint density at radius 1 is 1.19 bits per heavy atom. The Labute approximate surface area is 187 Å². The molecular formula is C25H32F3N3O. The Morgan fingerprint density at radius 3 is 2.62 bits per heavy atom. The third kappa shape index (κ3) is 5.75. The molecule has 2 heterocycles. The zero-order chi connectivity index (χ0) is 23.3. The molecule has 0 saturated carbocycles. The maximum Gasteiger partial charge on any atom is 0.416 e. The molecule has 3 rings (SSSR count). The van der Waals surface area contributed by atoms with Gasteiger partial charge in [0.05, 0.1) is 11.3 Å². The van der Waals surface area contributed by atoms with Crippen LogP contribution in [0.3, 0.4) is 0 Å². The van der Waals surface area contributed by atoms with Crippen molar-refractivity contribution < 1.29 is 18.3 Å². The maximum absolute atomic E-state index is 13.0. The van der Waals surface area contributed by atoms with E-state index in [-0.39, 0.29) is 0 Å². The van der Waals surface area contributed by atoms with Crippen LogP contribution in [0.4, 0.5) is 13.2 Å². The summed E-state index contributed by atoms with van der Waals surface area (Å²) in [6, 6.07) is 5.29. The molecule has 7 heteroatoms. The minimum atomic E-state index is -4.51. The lowest BCUT2D eigenvalue weighted by atomic mass is 9.98. The van der Waals surface area contributed by atoms with E-state index in [1.54, 1.807) is 12.4 Å². The van der Waals surface area contributed by atoms with E-state index in [1.165, 1.54) is 6.07 Å². The van der Waals surface area contributed by atoms with Crippen molar-refractivity contribution in [3.05, 3.63) is 58.2 Å². The van der Waals surface area contributed by atoms with Crippen LogP contribution in [0.25, 0.3) is 11.4 Å². The Hall–Kier alpha value is -2.70. The highest BCUT2D eigenvalue weighted by Gasteiger charge is 2.31. The molecule has 32 heavy (non-hydrogen) atoms. The van der Waals surface area contributed by atoms with Crippen molar-refractivity contribution in [2.75, 3.05) is 6.54 Å². The van der Waals surface area contributed by atoms with Crippen LogP contribution in [0, 0.1) is 5.92 Å². The van der Waals surface area contributed by atoms with E-state index in [2.05, 4.69) is 36.4 Å². The van der Waals surface area contributed by atoms with Crippen molar-refractivity contribution in [1.29, 1.82) is 0 Å². The van der Waals surface area contributed by atoms with Gasteiger partial charge in [0.1, 0.15) is 5.75 Å². The Kier molecular flexibility index (Phi) is 7.69. The zero-order valence-electron chi connectivity index (χ0n) is 18.9. The smallest absolute Gasteiger partial charge is 0.416 e. The van der Waals surface area contributed by atoms with Gasteiger partial charge in [-0.05, 0) is 43.0 Å². The number of halogens is 3. The van der Waals surface area contributed by atoms with Crippen LogP contribution in [-0.4, -0.2) is 22.7 Å². The molecule has 1 aromatic heterocycles. The van der Waals surface area contributed by atoms with Gasteiger partial charge in [-0.25, -0.2) is 0 Å². The quantitative estimate of drug-likeness (QED) is 0.566. The van der Waals surface area contributed by atoms with E-state index in [0.717, 1.165) is 60.4 Å². The summed E-state index contributed by atoms with van der Waals surface area (Å²) in [5.41, 5.74) is 1.16. The fraction of sp³-hybridized carbons (Fsp3) is 0.480. The number of fused-ring (bicyclic) bond motifs is 1. The molecule has 1 aliphatic heterocycles. The summed E-state index contributed by atoms with van der Waals surface area (Å²) in [4.78, 5) is 4.30. The molecule has 4 nitrogen and oxygen atoms in total. The SMILES string of the molecule is CCCCC(CC(C)C)NC1=c2cnccc2=C(c2ccc(C(F)(F)F)cc2O)NCC1. The molecular weight excluding hydrogens is 415 g/mol. The molecule has 0 aliphatic carbocycles. The van der Waals surface area contributed by atoms with Gasteiger partial charge in [-0.2, -0.15) is 13.2 Å². The Balaban J connectivity index is 2.11. The Morgan fingerprint density at radius 2 is 1.97 bits per heavy atom. The van der Waals surface area contributed by atoms with Crippen LogP contribution in [0.1, 0.15) is 64.0 Å². The average Bonchev–Trinajstić information content (AvgIpc) is 2.91. The molecule has 1 aromatic carbocycles. The van der Waals surface area contributed by atoms with Crippen LogP contribution < -0.4 is 21.1 Å². The summed E-state index contributed by atoms with van der Waals surface area (Å²) in [5.74, 6) is 0.163. The van der Waals surface area contributed by atoms with Crippen molar-refractivity contribution >= 4 is 11.4 Å². The van der Waals surface area contributed by atoms with E-state index in [4.69, 9.17) is 0 Å². The largest absolute Gasteiger partial charge is 0.507 e. The summed E-state index contributed by atoms with van der Waals surface area (Å²) in [6.07, 6.45) is 4.09. The van der Waals surface area contributed by atoms with Crippen molar-refractivity contribution in [1.82, 2.24) is 15.6 Å². The topological polar surface area (TPSA) is 57.2 Å². The lowest BCUT2D eigenvalue weighted by molar-refractivity contribution is -0.137. The number of hydrogen-bond donors (Lipinski definition) is 3. The van der Waals surface area contributed by atoms with Gasteiger partial charge in [0, 0.05) is 53.1 Å². The van der Waals surface area contributed by atoms with E-state index in [9.17, 15) is 18.3 Å². The van der Waals surface area contributed by atoms with Gasteiger partial charge >= 0.3 is 6.18 Å². The van der Waals surface area contributed by atoms with Gasteiger partial charge in [0.15, 0.2) is 0 Å². The van der Waals surface area contributed by atoms with Gasteiger partial charge in [-0.15, -0.1) is 0 Å². The molecule has 0 fully saturated rings. The highest BCUT2D eigenvalue weighted by Crippen LogP contribution is 2.34. The lowest BCUT2D eigenvalue weighted by Crippen LogP contribution is -2.38. The van der Waals surface area contributed by atoms with Gasteiger partial charge in [-0.3, -0.25) is 4.98 Å². The first kappa shape index (κ1) is 24.0. The number of phenols is 1. The second kappa shape index (κ2) is 10.3. The Bertz CT molecular complexity index is 1050. The molecule has 0 saturated heterocycles. The van der Waals surface area contributed by atoms with Crippen LogP contribution in [0.15, 0.2) is 36.7 Å². The third-order valence-electron chi connectivity index (χ3n) is 5.73. The number of alkyl halides is 3. The van der Waals surface area contributed by atoms with E-state index >= 15 is 0 Å². The first-order chi connectivity index (χ1) is 15.2. The van der Waals surface area contributed by atoms with E-state index in [0.29, 0.717) is 29.8 Å². The number of benzene rings is 1. The van der Waals surface area contributed by atoms with E-state index < -0.39 is 17.5 Å². The summed E-state index contributed by atoms with van der Waals surface area (Å²) in [6.45, 7) is 7.21. The fourth-order valence-corrected chi connectivity index (χ4v) is 4.22. The predicted octanol–water partition coefficient (Wildman–Crippen LogP) is 4.26. The molecule has 0 bridgehead atoms. The van der Waals surface area contributed by atoms with Gasteiger partial charge in [-0.1, -0.05) is 33.6 Å². The molecule has 1 aliphatic rings. The first-order valence-electron chi connectivity index (χ1n) is 11.3. The summed E-state index contributed by atoms with van der Waals surface area (Å²) in [7, 11) is 0. The van der Waals surface area contributed by atoms with Crippen LogP contribution in [0.2, 0.25) is 0 Å². The minimum absolute atomic E-state index is 0.344. The van der Waals surface area contributed by atoms with E-state index in [1.807, 2.05) is 6.07 Å². The molecule has 3 N–H and O–H groups in total. The number of aromatic nitrogens is 1. The average molecular weight is 448 g/mol. The van der Waals surface area contributed by atoms with Gasteiger partial charge < -0.3 is 15.7 Å². The van der Waals surface area contributed by atoms with Crippen molar-refractivity contribution in [2.24, 2.45) is 5.92 Å². The minimum Gasteiger partial charge on any atom is -0.507 e. The number of phenolic OH excluding ortho intramolecular Hbond substituents is 1. The van der Waals surface area contributed by atoms with Crippen LogP contribution in [-0.2, 0) is 6.18 Å². The number of pyridine rings is 1. The first-order valence-corrected chi connectivity index (χ1v) is 11.3. The number of aromatic hydroxyl groups is 1. The molecule has 1 unspecified atom stereocenters. The molecule has 174 valence electrons. The molecule has 0 spiro atoms. The van der Waals surface area contributed by atoms with Crippen LogP contribution in [0.5, 0.6) is 5.75 Å². The fourth-order valence-electron chi connectivity index (χ4n) is 4.22. The third-order valence-corrected chi connectivity index (χ3v) is 5.73. The molecule has 2 aromatic rings. The second-order valence-corrected chi connectivity index (χ2v) is 8.79. The standard InChI is InChI=1S/C25H32F3N3O/c1-4-5-6-18(13-16(2)3)31-22-10-12-30-24(19-9-11-29-15-21(19)22)20-8-7-17(14-23(20)32)25(26,27)28/h7-9,11,14-16,18,30-32H,4-6,10,12-13H2,1-3H3. The van der Waals surface area contributed by atoms with Gasteiger partial charge in [0.2, 0.25) is 0 Å². The van der Waals surface area contributed by atoms with Crippen molar-refractivity contribution in [2.45, 2.75) is 65.1 Å². The number of nitrogens with zero attached hydrogens (tertiary/aromatic N) is 1. The van der Waals surface area contributed by atoms with Gasteiger partial charge in [0.25, 0.3) is 0 Å². The lowest BCUT2D eigenvalue weighted by Gasteiger charge is -2.23. The molecule has 0 radical (unpaired) electrons. The maximum atomic E-state index is 13.0.